The third-order valence-corrected chi connectivity index (χ3v) is 2.54. The topological polar surface area (TPSA) is 73.9 Å². The van der Waals surface area contributed by atoms with Gasteiger partial charge in [-0.3, -0.25) is 9.59 Å². The summed E-state index contributed by atoms with van der Waals surface area (Å²) in [5.41, 5.74) is 0.903. The van der Waals surface area contributed by atoms with E-state index in [9.17, 15) is 9.59 Å². The van der Waals surface area contributed by atoms with Gasteiger partial charge in [0.25, 0.3) is 5.91 Å². The van der Waals surface area contributed by atoms with Crippen LogP contribution in [-0.4, -0.2) is 40.1 Å². The highest BCUT2D eigenvalue weighted by molar-refractivity contribution is 6.23. The first-order valence-corrected chi connectivity index (χ1v) is 5.68. The predicted octanol–water partition coefficient (Wildman–Crippen LogP) is 0.570. The van der Waals surface area contributed by atoms with Crippen LogP contribution in [0.1, 0.15) is 5.56 Å². The highest BCUT2D eigenvalue weighted by Gasteiger charge is 2.13. The molecule has 1 aromatic carbocycles. The Morgan fingerprint density at radius 1 is 1.16 bits per heavy atom. The van der Waals surface area contributed by atoms with Crippen LogP contribution >= 0.6 is 0 Å². The van der Waals surface area contributed by atoms with Gasteiger partial charge in [0.05, 0.1) is 21.3 Å². The molecule has 0 radical (unpaired) electrons. The minimum absolute atomic E-state index is 0.245. The third-order valence-electron chi connectivity index (χ3n) is 2.54. The second-order valence-electron chi connectivity index (χ2n) is 3.69. The molecule has 0 heterocycles. The highest BCUT2D eigenvalue weighted by atomic mass is 16.5. The first-order chi connectivity index (χ1) is 9.15. The summed E-state index contributed by atoms with van der Waals surface area (Å²) in [6.07, 6.45) is 0.797. The average molecular weight is 267 g/mol. The summed E-state index contributed by atoms with van der Waals surface area (Å²) >= 11 is 0. The van der Waals surface area contributed by atoms with Gasteiger partial charge < -0.3 is 19.5 Å². The van der Waals surface area contributed by atoms with E-state index in [-0.39, 0.29) is 6.29 Å². The van der Waals surface area contributed by atoms with E-state index >= 15 is 0 Å². The molecule has 1 aromatic rings. The van der Waals surface area contributed by atoms with Crippen molar-refractivity contribution in [3.63, 3.8) is 0 Å². The molecule has 1 amide bonds. The van der Waals surface area contributed by atoms with Gasteiger partial charge in [0.15, 0.2) is 11.5 Å². The van der Waals surface area contributed by atoms with Gasteiger partial charge in [0.1, 0.15) is 0 Å². The highest BCUT2D eigenvalue weighted by Crippen LogP contribution is 2.38. The quantitative estimate of drug-likeness (QED) is 0.577. The van der Waals surface area contributed by atoms with Crippen LogP contribution in [-0.2, 0) is 16.0 Å². The normalized spacial score (nSPS) is 9.63. The fraction of sp³-hybridized carbons (Fsp3) is 0.385. The molecule has 1 rings (SSSR count). The molecule has 6 nitrogen and oxygen atoms in total. The zero-order valence-electron chi connectivity index (χ0n) is 11.2. The van der Waals surface area contributed by atoms with Gasteiger partial charge in [-0.1, -0.05) is 0 Å². The molecule has 0 saturated carbocycles. The molecule has 0 aromatic heterocycles. The lowest BCUT2D eigenvalue weighted by Gasteiger charge is -2.14. The molecular formula is C13H17NO5. The third kappa shape index (κ3) is 3.87. The van der Waals surface area contributed by atoms with Crippen molar-refractivity contribution in [2.75, 3.05) is 27.9 Å². The summed E-state index contributed by atoms with van der Waals surface area (Å²) in [4.78, 5) is 21.0. The number of amides is 1. The van der Waals surface area contributed by atoms with Gasteiger partial charge in [0.2, 0.25) is 12.0 Å². The summed E-state index contributed by atoms with van der Waals surface area (Å²) in [7, 11) is 4.61. The number of hydrogen-bond acceptors (Lipinski definition) is 5. The number of nitrogens with one attached hydrogen (secondary N) is 1. The molecule has 0 bridgehead atoms. The molecule has 0 atom stereocenters. The Bertz CT molecular complexity index is 433. The van der Waals surface area contributed by atoms with Crippen LogP contribution in [0.3, 0.4) is 0 Å². The number of methoxy groups -OCH3 is 3. The number of hydrogen-bond donors (Lipinski definition) is 1. The lowest BCUT2D eigenvalue weighted by molar-refractivity contribution is -0.131. The molecule has 1 N–H and O–H groups in total. The maximum absolute atomic E-state index is 10.8. The lowest BCUT2D eigenvalue weighted by atomic mass is 10.1. The van der Waals surface area contributed by atoms with Gasteiger partial charge in [-0.05, 0) is 24.1 Å². The standard InChI is InChI=1S/C13H17NO5/c1-17-10-6-9(4-5-14-12(16)8-15)7-11(18-2)13(10)19-3/h6-8H,4-5H2,1-3H3,(H,14,16). The van der Waals surface area contributed by atoms with Crippen LogP contribution in [0.15, 0.2) is 12.1 Å². The van der Waals surface area contributed by atoms with Gasteiger partial charge >= 0.3 is 0 Å². The van der Waals surface area contributed by atoms with Crippen molar-refractivity contribution in [2.45, 2.75) is 6.42 Å². The summed E-state index contributed by atoms with van der Waals surface area (Å²) < 4.78 is 15.6. The maximum atomic E-state index is 10.8. The summed E-state index contributed by atoms with van der Waals surface area (Å²) in [6.45, 7) is 0.357. The fourth-order valence-electron chi connectivity index (χ4n) is 1.65. The molecule has 6 heteroatoms. The number of ether oxygens (including phenoxy) is 3. The molecule has 104 valence electrons. The van der Waals surface area contributed by atoms with Gasteiger partial charge in [0, 0.05) is 6.54 Å². The zero-order valence-corrected chi connectivity index (χ0v) is 11.2. The smallest absolute Gasteiger partial charge is 0.284 e. The Balaban J connectivity index is 2.84. The van der Waals surface area contributed by atoms with E-state index in [0.29, 0.717) is 30.2 Å². The van der Waals surface area contributed by atoms with Crippen molar-refractivity contribution in [1.29, 1.82) is 0 Å². The number of aldehydes is 1. The number of carbonyl (C=O) groups is 2. The first-order valence-electron chi connectivity index (χ1n) is 5.68. The molecule has 19 heavy (non-hydrogen) atoms. The van der Waals surface area contributed by atoms with Crippen molar-refractivity contribution in [3.8, 4) is 17.2 Å². The van der Waals surface area contributed by atoms with E-state index in [2.05, 4.69) is 5.32 Å². The molecule has 0 saturated heterocycles. The fourth-order valence-corrected chi connectivity index (χ4v) is 1.65. The Labute approximate surface area is 111 Å². The van der Waals surface area contributed by atoms with E-state index in [0.717, 1.165) is 5.56 Å². The largest absolute Gasteiger partial charge is 0.493 e. The van der Waals surface area contributed by atoms with Gasteiger partial charge in [-0.25, -0.2) is 0 Å². The van der Waals surface area contributed by atoms with Gasteiger partial charge in [-0.15, -0.1) is 0 Å². The maximum Gasteiger partial charge on any atom is 0.284 e. The number of rotatable bonds is 7. The van der Waals surface area contributed by atoms with Crippen LogP contribution in [0.2, 0.25) is 0 Å². The minimum Gasteiger partial charge on any atom is -0.493 e. The van der Waals surface area contributed by atoms with E-state index in [1.165, 1.54) is 21.3 Å². The first kappa shape index (κ1) is 14.8. The Kier molecular flexibility index (Phi) is 5.66. The molecule has 0 aliphatic carbocycles. The Hall–Kier alpha value is -2.24. The van der Waals surface area contributed by atoms with Crippen LogP contribution in [0.25, 0.3) is 0 Å². The summed E-state index contributed by atoms with van der Waals surface area (Å²) in [6, 6.07) is 3.60. The molecule has 0 aliphatic heterocycles. The summed E-state index contributed by atoms with van der Waals surface area (Å²) in [5.74, 6) is 0.996. The van der Waals surface area contributed by atoms with Crippen LogP contribution in [0.5, 0.6) is 17.2 Å². The predicted molar refractivity (Wildman–Crippen MR) is 68.9 cm³/mol. The van der Waals surface area contributed by atoms with Crippen molar-refractivity contribution >= 4 is 12.2 Å². The monoisotopic (exact) mass is 267 g/mol. The van der Waals surface area contributed by atoms with E-state index < -0.39 is 5.91 Å². The number of benzene rings is 1. The second-order valence-corrected chi connectivity index (χ2v) is 3.69. The molecule has 0 unspecified atom stereocenters. The zero-order chi connectivity index (χ0) is 14.3. The molecule has 0 fully saturated rings. The number of carbonyl (C=O) groups excluding carboxylic acids is 2. The van der Waals surface area contributed by atoms with Crippen molar-refractivity contribution in [2.24, 2.45) is 0 Å². The molecular weight excluding hydrogens is 250 g/mol. The van der Waals surface area contributed by atoms with E-state index in [4.69, 9.17) is 14.2 Å². The van der Waals surface area contributed by atoms with Crippen molar-refractivity contribution in [3.05, 3.63) is 17.7 Å². The Morgan fingerprint density at radius 2 is 1.74 bits per heavy atom. The minimum atomic E-state index is -0.632. The van der Waals surface area contributed by atoms with E-state index in [1.807, 2.05) is 0 Å². The van der Waals surface area contributed by atoms with Gasteiger partial charge in [-0.2, -0.15) is 0 Å². The van der Waals surface area contributed by atoms with E-state index in [1.54, 1.807) is 12.1 Å². The average Bonchev–Trinajstić information content (AvgIpc) is 2.45. The SMILES string of the molecule is COc1cc(CCNC(=O)C=O)cc(OC)c1OC. The molecule has 0 spiro atoms. The summed E-state index contributed by atoms with van der Waals surface area (Å²) in [5, 5.41) is 2.46. The van der Waals surface area contributed by atoms with Crippen molar-refractivity contribution < 1.29 is 23.8 Å². The van der Waals surface area contributed by atoms with Crippen LogP contribution in [0.4, 0.5) is 0 Å². The lowest BCUT2D eigenvalue weighted by Crippen LogP contribution is -2.26. The van der Waals surface area contributed by atoms with Crippen LogP contribution < -0.4 is 19.5 Å². The second kappa shape index (κ2) is 7.25. The van der Waals surface area contributed by atoms with Crippen LogP contribution in [0, 0.1) is 0 Å². The Morgan fingerprint density at radius 3 is 2.16 bits per heavy atom. The molecule has 0 aliphatic rings. The van der Waals surface area contributed by atoms with Crippen molar-refractivity contribution in [1.82, 2.24) is 5.32 Å².